The standard InChI is InChI=1S/C16H17F3N6/c1-4-10-9(13(20)23-14(21)22-10)7-8-15(2,3)11-5-6-12(25-24-11)16(17,18)19/h5-6H,4H2,1-3H3,(H4,20,21,22,23). The highest BCUT2D eigenvalue weighted by molar-refractivity contribution is 5.56. The highest BCUT2D eigenvalue weighted by Crippen LogP contribution is 2.28. The van der Waals surface area contributed by atoms with Gasteiger partial charge < -0.3 is 11.5 Å². The lowest BCUT2D eigenvalue weighted by molar-refractivity contribution is -0.141. The van der Waals surface area contributed by atoms with E-state index in [1.807, 2.05) is 6.92 Å². The van der Waals surface area contributed by atoms with E-state index in [0.29, 0.717) is 23.4 Å². The molecule has 0 fully saturated rings. The summed E-state index contributed by atoms with van der Waals surface area (Å²) in [5.41, 5.74) is 10.9. The van der Waals surface area contributed by atoms with Gasteiger partial charge in [-0.05, 0) is 32.4 Å². The van der Waals surface area contributed by atoms with Crippen molar-refractivity contribution in [3.8, 4) is 11.8 Å². The molecule has 0 aliphatic carbocycles. The van der Waals surface area contributed by atoms with Crippen LogP contribution in [0, 0.1) is 11.8 Å². The fraction of sp³-hybridized carbons (Fsp3) is 0.375. The van der Waals surface area contributed by atoms with Gasteiger partial charge in [-0.15, -0.1) is 5.10 Å². The van der Waals surface area contributed by atoms with Crippen LogP contribution in [-0.4, -0.2) is 20.2 Å². The Morgan fingerprint density at radius 1 is 1.04 bits per heavy atom. The summed E-state index contributed by atoms with van der Waals surface area (Å²) >= 11 is 0. The predicted molar refractivity (Wildman–Crippen MR) is 87.2 cm³/mol. The number of aryl methyl sites for hydroxylation is 1. The molecule has 0 unspecified atom stereocenters. The third-order valence-corrected chi connectivity index (χ3v) is 3.46. The van der Waals surface area contributed by atoms with Crippen LogP contribution in [0.4, 0.5) is 24.9 Å². The molecule has 0 saturated carbocycles. The second kappa shape index (κ2) is 6.55. The summed E-state index contributed by atoms with van der Waals surface area (Å²) in [7, 11) is 0. The van der Waals surface area contributed by atoms with Crippen molar-refractivity contribution in [1.82, 2.24) is 20.2 Å². The Kier molecular flexibility index (Phi) is 4.83. The second-order valence-electron chi connectivity index (χ2n) is 5.82. The Balaban J connectivity index is 2.39. The van der Waals surface area contributed by atoms with Crippen LogP contribution < -0.4 is 11.5 Å². The molecule has 6 nitrogen and oxygen atoms in total. The van der Waals surface area contributed by atoms with Gasteiger partial charge in [-0.3, -0.25) is 0 Å². The molecule has 9 heteroatoms. The molecule has 2 aromatic heterocycles. The lowest BCUT2D eigenvalue weighted by Gasteiger charge is -2.17. The second-order valence-corrected chi connectivity index (χ2v) is 5.82. The summed E-state index contributed by atoms with van der Waals surface area (Å²) in [5, 5.41) is 6.88. The molecule has 0 aromatic carbocycles. The Labute approximate surface area is 142 Å². The monoisotopic (exact) mass is 350 g/mol. The van der Waals surface area contributed by atoms with Gasteiger partial charge >= 0.3 is 6.18 Å². The van der Waals surface area contributed by atoms with Crippen LogP contribution in [0.2, 0.25) is 0 Å². The SMILES string of the molecule is CCc1nc(N)nc(N)c1C#CC(C)(C)c1ccc(C(F)(F)F)nn1. The molecule has 0 saturated heterocycles. The number of aromatic nitrogens is 4. The molecule has 0 aliphatic heterocycles. The van der Waals surface area contributed by atoms with Gasteiger partial charge in [-0.25, -0.2) is 4.98 Å². The van der Waals surface area contributed by atoms with Gasteiger partial charge in [0.2, 0.25) is 5.95 Å². The maximum Gasteiger partial charge on any atom is 0.435 e. The highest BCUT2D eigenvalue weighted by Gasteiger charge is 2.33. The fourth-order valence-corrected chi connectivity index (χ4v) is 2.04. The summed E-state index contributed by atoms with van der Waals surface area (Å²) in [6.45, 7) is 5.31. The van der Waals surface area contributed by atoms with Gasteiger partial charge in [-0.2, -0.15) is 23.3 Å². The van der Waals surface area contributed by atoms with Crippen LogP contribution in [0.15, 0.2) is 12.1 Å². The number of nitrogens with two attached hydrogens (primary N) is 2. The van der Waals surface area contributed by atoms with Crippen LogP contribution in [0.1, 0.15) is 43.4 Å². The normalized spacial score (nSPS) is 11.8. The van der Waals surface area contributed by atoms with Crippen molar-refractivity contribution in [2.24, 2.45) is 0 Å². The minimum atomic E-state index is -4.53. The quantitative estimate of drug-likeness (QED) is 0.806. The first kappa shape index (κ1) is 18.4. The van der Waals surface area contributed by atoms with Gasteiger partial charge in [-0.1, -0.05) is 18.8 Å². The van der Waals surface area contributed by atoms with Crippen molar-refractivity contribution in [2.45, 2.75) is 38.8 Å². The first-order valence-corrected chi connectivity index (χ1v) is 7.41. The molecule has 0 atom stereocenters. The van der Waals surface area contributed by atoms with Gasteiger partial charge in [0.05, 0.1) is 22.4 Å². The number of hydrogen-bond acceptors (Lipinski definition) is 6. The van der Waals surface area contributed by atoms with Crippen LogP contribution in [0.3, 0.4) is 0 Å². The summed E-state index contributed by atoms with van der Waals surface area (Å²) in [4.78, 5) is 7.98. The fourth-order valence-electron chi connectivity index (χ4n) is 2.04. The van der Waals surface area contributed by atoms with E-state index in [1.54, 1.807) is 13.8 Å². The molecule has 132 valence electrons. The largest absolute Gasteiger partial charge is 0.435 e. The summed E-state index contributed by atoms with van der Waals surface area (Å²) in [6, 6.07) is 2.14. The zero-order chi connectivity index (χ0) is 18.8. The Morgan fingerprint density at radius 2 is 1.64 bits per heavy atom. The van der Waals surface area contributed by atoms with Crippen LogP contribution >= 0.6 is 0 Å². The average molecular weight is 350 g/mol. The van der Waals surface area contributed by atoms with Crippen molar-refractivity contribution in [3.05, 3.63) is 34.8 Å². The molecular weight excluding hydrogens is 333 g/mol. The van der Waals surface area contributed by atoms with Crippen LogP contribution in [0.5, 0.6) is 0 Å². The molecule has 2 heterocycles. The molecule has 2 rings (SSSR count). The van der Waals surface area contributed by atoms with E-state index in [4.69, 9.17) is 11.5 Å². The molecule has 0 radical (unpaired) electrons. The highest BCUT2D eigenvalue weighted by atomic mass is 19.4. The van der Waals surface area contributed by atoms with Crippen LogP contribution in [-0.2, 0) is 18.0 Å². The third-order valence-electron chi connectivity index (χ3n) is 3.46. The minimum Gasteiger partial charge on any atom is -0.382 e. The lowest BCUT2D eigenvalue weighted by atomic mass is 9.89. The van der Waals surface area contributed by atoms with Crippen LogP contribution in [0.25, 0.3) is 0 Å². The first-order valence-electron chi connectivity index (χ1n) is 7.41. The van der Waals surface area contributed by atoms with Crippen molar-refractivity contribution in [1.29, 1.82) is 0 Å². The van der Waals surface area contributed by atoms with E-state index in [-0.39, 0.29) is 11.8 Å². The Morgan fingerprint density at radius 3 is 2.16 bits per heavy atom. The summed E-state index contributed by atoms with van der Waals surface area (Å²) < 4.78 is 37.7. The van der Waals surface area contributed by atoms with Crippen molar-refractivity contribution in [2.75, 3.05) is 11.5 Å². The van der Waals surface area contributed by atoms with Crippen molar-refractivity contribution >= 4 is 11.8 Å². The lowest BCUT2D eigenvalue weighted by Crippen LogP contribution is -2.19. The topological polar surface area (TPSA) is 104 Å². The van der Waals surface area contributed by atoms with Gasteiger partial charge in [0.1, 0.15) is 5.82 Å². The number of halogens is 3. The molecule has 2 aromatic rings. The van der Waals surface area contributed by atoms with E-state index in [0.717, 1.165) is 6.07 Å². The number of anilines is 2. The number of hydrogen-bond donors (Lipinski definition) is 2. The van der Waals surface area contributed by atoms with E-state index < -0.39 is 17.3 Å². The number of rotatable bonds is 2. The van der Waals surface area contributed by atoms with Gasteiger partial charge in [0.15, 0.2) is 5.69 Å². The first-order chi connectivity index (χ1) is 11.5. The summed E-state index contributed by atoms with van der Waals surface area (Å²) in [5.74, 6) is 6.07. The zero-order valence-corrected chi connectivity index (χ0v) is 13.9. The average Bonchev–Trinajstić information content (AvgIpc) is 2.52. The molecule has 0 aliphatic rings. The zero-order valence-electron chi connectivity index (χ0n) is 13.9. The van der Waals surface area contributed by atoms with Gasteiger partial charge in [0.25, 0.3) is 0 Å². The molecule has 0 bridgehead atoms. The van der Waals surface area contributed by atoms with Crippen molar-refractivity contribution in [3.63, 3.8) is 0 Å². The third kappa shape index (κ3) is 4.15. The number of nitrogens with zero attached hydrogens (tertiary/aromatic N) is 4. The number of nitrogen functional groups attached to an aromatic ring is 2. The van der Waals surface area contributed by atoms with E-state index >= 15 is 0 Å². The predicted octanol–water partition coefficient (Wildman–Crippen LogP) is 2.34. The molecule has 0 amide bonds. The van der Waals surface area contributed by atoms with Gasteiger partial charge in [0, 0.05) is 0 Å². The van der Waals surface area contributed by atoms with E-state index in [1.165, 1.54) is 6.07 Å². The molecule has 4 N–H and O–H groups in total. The number of alkyl halides is 3. The van der Waals surface area contributed by atoms with Crippen molar-refractivity contribution < 1.29 is 13.2 Å². The molecular formula is C16H17F3N6. The summed E-state index contributed by atoms with van der Waals surface area (Å²) in [6.07, 6.45) is -3.98. The maximum absolute atomic E-state index is 12.6. The molecule has 25 heavy (non-hydrogen) atoms. The maximum atomic E-state index is 12.6. The molecule has 0 spiro atoms. The Hall–Kier alpha value is -2.89. The Bertz CT molecular complexity index is 832. The smallest absolute Gasteiger partial charge is 0.382 e. The van der Waals surface area contributed by atoms with E-state index in [9.17, 15) is 13.2 Å². The van der Waals surface area contributed by atoms with E-state index in [2.05, 4.69) is 32.0 Å². The minimum absolute atomic E-state index is 0.0627.